The molecule has 0 amide bonds. The number of phenolic OH excluding ortho intramolecular Hbond substituents is 2. The van der Waals surface area contributed by atoms with Gasteiger partial charge in [0.25, 0.3) is 0 Å². The number of para-hydroxylation sites is 1. The molecule has 4 nitrogen and oxygen atoms in total. The van der Waals surface area contributed by atoms with Crippen LogP contribution in [0.4, 0.5) is 0 Å². The van der Waals surface area contributed by atoms with Crippen LogP contribution < -0.4 is 0 Å². The maximum atomic E-state index is 10.7. The van der Waals surface area contributed by atoms with E-state index in [9.17, 15) is 15.3 Å². The highest BCUT2D eigenvalue weighted by Crippen LogP contribution is 2.50. The van der Waals surface area contributed by atoms with Crippen LogP contribution >= 0.6 is 0 Å². The first kappa shape index (κ1) is 12.8. The average molecular weight is 263 g/mol. The lowest BCUT2D eigenvalue weighted by Gasteiger charge is -2.53. The minimum Gasteiger partial charge on any atom is -0.504 e. The molecular formula is C15H21NO3. The van der Waals surface area contributed by atoms with E-state index in [2.05, 4.69) is 4.90 Å². The minimum atomic E-state index is -0.479. The summed E-state index contributed by atoms with van der Waals surface area (Å²) in [5.74, 6) is -0.160. The third kappa shape index (κ3) is 1.74. The Labute approximate surface area is 113 Å². The number of piperidine rings is 1. The quantitative estimate of drug-likeness (QED) is 0.673. The summed E-state index contributed by atoms with van der Waals surface area (Å²) in [5.41, 5.74) is 0.302. The van der Waals surface area contributed by atoms with Gasteiger partial charge in [-0.25, -0.2) is 0 Å². The van der Waals surface area contributed by atoms with E-state index in [-0.39, 0.29) is 17.5 Å². The molecule has 104 valence electrons. The van der Waals surface area contributed by atoms with Crippen LogP contribution in [0.5, 0.6) is 11.5 Å². The zero-order valence-electron chi connectivity index (χ0n) is 11.2. The van der Waals surface area contributed by atoms with Gasteiger partial charge in [-0.1, -0.05) is 18.6 Å². The van der Waals surface area contributed by atoms with E-state index in [4.69, 9.17) is 0 Å². The SMILES string of the molecule is CN1CCC2(c3cccc(O)c3O)CCCC1[C@H]2O. The van der Waals surface area contributed by atoms with Crippen molar-refractivity contribution in [3.05, 3.63) is 23.8 Å². The predicted molar refractivity (Wildman–Crippen MR) is 72.3 cm³/mol. The molecule has 2 bridgehead atoms. The number of likely N-dealkylation sites (tertiary alicyclic amines) is 1. The molecule has 3 atom stereocenters. The minimum absolute atomic E-state index is 0.0632. The fourth-order valence-corrected chi connectivity index (χ4v) is 3.94. The van der Waals surface area contributed by atoms with Crippen LogP contribution in [0.3, 0.4) is 0 Å². The van der Waals surface area contributed by atoms with Crippen LogP contribution in [0.2, 0.25) is 0 Å². The van der Waals surface area contributed by atoms with Gasteiger partial charge in [0.2, 0.25) is 0 Å². The molecule has 1 aliphatic heterocycles. The first-order valence-electron chi connectivity index (χ1n) is 6.96. The van der Waals surface area contributed by atoms with Crippen LogP contribution in [0.15, 0.2) is 18.2 Å². The molecule has 4 heteroatoms. The molecule has 1 aromatic rings. The lowest BCUT2D eigenvalue weighted by atomic mass is 9.61. The Morgan fingerprint density at radius 1 is 1.26 bits per heavy atom. The molecule has 1 heterocycles. The number of phenols is 2. The van der Waals surface area contributed by atoms with Gasteiger partial charge in [-0.2, -0.15) is 0 Å². The van der Waals surface area contributed by atoms with E-state index < -0.39 is 11.5 Å². The van der Waals surface area contributed by atoms with Crippen LogP contribution in [-0.4, -0.2) is 46.0 Å². The number of aromatic hydroxyl groups is 2. The zero-order valence-corrected chi connectivity index (χ0v) is 11.2. The standard InChI is InChI=1S/C15H21NO3/c1-16-9-8-15(7-3-5-11(16)14(15)19)10-4-2-6-12(17)13(10)18/h2,4,6,11,14,17-19H,3,5,7-9H2,1H3/t11?,14-,15?/m1/s1. The van der Waals surface area contributed by atoms with E-state index >= 15 is 0 Å². The molecule has 1 aliphatic carbocycles. The molecule has 3 N–H and O–H groups in total. The maximum Gasteiger partial charge on any atom is 0.161 e. The van der Waals surface area contributed by atoms with Gasteiger partial charge < -0.3 is 20.2 Å². The summed E-state index contributed by atoms with van der Waals surface area (Å²) < 4.78 is 0. The van der Waals surface area contributed by atoms with Crippen molar-refractivity contribution < 1.29 is 15.3 Å². The number of aliphatic hydroxyl groups excluding tert-OH is 1. The van der Waals surface area contributed by atoms with Crippen LogP contribution in [-0.2, 0) is 5.41 Å². The normalized spacial score (nSPS) is 35.3. The molecule has 0 spiro atoms. The van der Waals surface area contributed by atoms with Gasteiger partial charge >= 0.3 is 0 Å². The summed E-state index contributed by atoms with van der Waals surface area (Å²) in [6.07, 6.45) is 3.25. The Bertz CT molecular complexity index is 490. The molecule has 1 saturated carbocycles. The molecular weight excluding hydrogens is 242 g/mol. The number of hydrogen-bond donors (Lipinski definition) is 3. The van der Waals surface area contributed by atoms with Gasteiger partial charge in [-0.15, -0.1) is 0 Å². The first-order chi connectivity index (χ1) is 9.06. The molecule has 0 radical (unpaired) electrons. The van der Waals surface area contributed by atoms with Crippen molar-refractivity contribution in [2.24, 2.45) is 0 Å². The molecule has 2 aliphatic rings. The number of fused-ring (bicyclic) bond motifs is 2. The van der Waals surface area contributed by atoms with Crippen LogP contribution in [0, 0.1) is 0 Å². The molecule has 2 fully saturated rings. The summed E-state index contributed by atoms with van der Waals surface area (Å²) in [7, 11) is 2.05. The molecule has 3 rings (SSSR count). The second-order valence-corrected chi connectivity index (χ2v) is 5.96. The maximum absolute atomic E-state index is 10.7. The largest absolute Gasteiger partial charge is 0.504 e. The molecule has 1 aromatic carbocycles. The second-order valence-electron chi connectivity index (χ2n) is 5.96. The van der Waals surface area contributed by atoms with Gasteiger partial charge in [0, 0.05) is 17.0 Å². The average Bonchev–Trinajstić information content (AvgIpc) is 2.38. The number of aliphatic hydroxyl groups is 1. The fraction of sp³-hybridized carbons (Fsp3) is 0.600. The zero-order chi connectivity index (χ0) is 13.6. The molecule has 2 unspecified atom stereocenters. The van der Waals surface area contributed by atoms with Gasteiger partial charge in [0.1, 0.15) is 0 Å². The van der Waals surface area contributed by atoms with Crippen LogP contribution in [0.25, 0.3) is 0 Å². The van der Waals surface area contributed by atoms with Crippen LogP contribution in [0.1, 0.15) is 31.2 Å². The third-order valence-corrected chi connectivity index (χ3v) is 5.08. The van der Waals surface area contributed by atoms with Crippen molar-refractivity contribution in [1.82, 2.24) is 4.90 Å². The van der Waals surface area contributed by atoms with Crippen molar-refractivity contribution in [3.63, 3.8) is 0 Å². The van der Waals surface area contributed by atoms with Crippen molar-refractivity contribution in [1.29, 1.82) is 0 Å². The summed E-state index contributed by atoms with van der Waals surface area (Å²) >= 11 is 0. The monoisotopic (exact) mass is 263 g/mol. The Balaban J connectivity index is 2.08. The Morgan fingerprint density at radius 2 is 2.05 bits per heavy atom. The highest BCUT2D eigenvalue weighted by atomic mass is 16.3. The van der Waals surface area contributed by atoms with E-state index in [0.717, 1.165) is 32.2 Å². The van der Waals surface area contributed by atoms with Gasteiger partial charge in [-0.05, 0) is 38.9 Å². The van der Waals surface area contributed by atoms with Crippen molar-refractivity contribution in [2.45, 2.75) is 43.2 Å². The Kier molecular flexibility index (Phi) is 2.95. The first-order valence-corrected chi connectivity index (χ1v) is 6.96. The van der Waals surface area contributed by atoms with Gasteiger partial charge in [0.05, 0.1) is 6.10 Å². The smallest absolute Gasteiger partial charge is 0.161 e. The highest BCUT2D eigenvalue weighted by Gasteiger charge is 2.51. The summed E-state index contributed by atoms with van der Waals surface area (Å²) in [5, 5.41) is 30.6. The van der Waals surface area contributed by atoms with E-state index in [1.54, 1.807) is 6.07 Å². The van der Waals surface area contributed by atoms with E-state index in [1.807, 2.05) is 13.1 Å². The number of rotatable bonds is 1. The van der Waals surface area contributed by atoms with E-state index in [1.165, 1.54) is 6.07 Å². The summed E-state index contributed by atoms with van der Waals surface area (Å²) in [6, 6.07) is 5.22. The Hall–Kier alpha value is -1.26. The summed E-state index contributed by atoms with van der Waals surface area (Å²) in [4.78, 5) is 2.21. The number of nitrogens with zero attached hydrogens (tertiary/aromatic N) is 1. The fourth-order valence-electron chi connectivity index (χ4n) is 3.94. The van der Waals surface area contributed by atoms with Crippen molar-refractivity contribution >= 4 is 0 Å². The number of likely N-dealkylation sites (N-methyl/N-ethyl adjacent to an activating group) is 1. The lowest BCUT2D eigenvalue weighted by molar-refractivity contribution is -0.0680. The highest BCUT2D eigenvalue weighted by molar-refractivity contribution is 5.49. The second kappa shape index (κ2) is 4.39. The number of hydrogen-bond acceptors (Lipinski definition) is 4. The third-order valence-electron chi connectivity index (χ3n) is 5.08. The molecule has 0 aromatic heterocycles. The number of benzene rings is 1. The van der Waals surface area contributed by atoms with Crippen molar-refractivity contribution in [2.75, 3.05) is 13.6 Å². The lowest BCUT2D eigenvalue weighted by Crippen LogP contribution is -2.60. The van der Waals surface area contributed by atoms with Gasteiger partial charge in [-0.3, -0.25) is 0 Å². The predicted octanol–water partition coefficient (Wildman–Crippen LogP) is 1.58. The molecule has 19 heavy (non-hydrogen) atoms. The van der Waals surface area contributed by atoms with Gasteiger partial charge in [0.15, 0.2) is 11.5 Å². The topological polar surface area (TPSA) is 63.9 Å². The Morgan fingerprint density at radius 3 is 2.84 bits per heavy atom. The summed E-state index contributed by atoms with van der Waals surface area (Å²) in [6.45, 7) is 0.914. The molecule has 1 saturated heterocycles. The van der Waals surface area contributed by atoms with Crippen molar-refractivity contribution in [3.8, 4) is 11.5 Å². The van der Waals surface area contributed by atoms with E-state index in [0.29, 0.717) is 5.56 Å².